The van der Waals surface area contributed by atoms with Crippen molar-refractivity contribution in [1.29, 1.82) is 0 Å². The third-order valence-corrected chi connectivity index (χ3v) is 7.26. The van der Waals surface area contributed by atoms with Gasteiger partial charge in [-0.2, -0.15) is 0 Å². The van der Waals surface area contributed by atoms with Crippen molar-refractivity contribution in [3.05, 3.63) is 83.2 Å². The van der Waals surface area contributed by atoms with Crippen molar-refractivity contribution in [2.24, 2.45) is 18.8 Å². The van der Waals surface area contributed by atoms with E-state index >= 15 is 0 Å². The van der Waals surface area contributed by atoms with Crippen LogP contribution in [-0.4, -0.2) is 4.98 Å². The molecule has 1 aliphatic carbocycles. The highest BCUT2D eigenvalue weighted by molar-refractivity contribution is 6.10. The number of rotatable bonds is 6. The molecule has 5 aromatic rings. The van der Waals surface area contributed by atoms with Gasteiger partial charge in [0.05, 0.1) is 11.3 Å². The summed E-state index contributed by atoms with van der Waals surface area (Å²) in [6, 6.07) is 13.3. The van der Waals surface area contributed by atoms with Gasteiger partial charge in [0.2, 0.25) is 11.4 Å². The second-order valence-corrected chi connectivity index (χ2v) is 10.1. The van der Waals surface area contributed by atoms with E-state index in [0.29, 0.717) is 21.9 Å². The van der Waals surface area contributed by atoms with Crippen molar-refractivity contribution in [1.82, 2.24) is 4.98 Å². The molecule has 2 aromatic carbocycles. The lowest BCUT2D eigenvalue weighted by atomic mass is 9.69. The highest BCUT2D eigenvalue weighted by Crippen LogP contribution is 2.55. The molecule has 0 aliphatic heterocycles. The molecular weight excluding hydrogens is 476 g/mol. The van der Waals surface area contributed by atoms with Crippen molar-refractivity contribution < 1.29 is 35.0 Å². The van der Waals surface area contributed by atoms with E-state index in [1.165, 1.54) is 42.6 Å². The van der Waals surface area contributed by atoms with Crippen molar-refractivity contribution in [3.8, 4) is 22.4 Å². The number of hydrogen-bond donors (Lipinski definition) is 0. The quantitative estimate of drug-likeness (QED) is 0.202. The van der Waals surface area contributed by atoms with Crippen LogP contribution >= 0.6 is 0 Å². The first-order valence-corrected chi connectivity index (χ1v) is 12.5. The lowest BCUT2D eigenvalue weighted by molar-refractivity contribution is -0.660. The minimum atomic E-state index is -3.53. The fourth-order valence-corrected chi connectivity index (χ4v) is 5.67. The van der Waals surface area contributed by atoms with E-state index in [9.17, 15) is 5.48 Å². The molecule has 39 heavy (non-hydrogen) atoms. The van der Waals surface area contributed by atoms with E-state index in [2.05, 4.69) is 0 Å². The summed E-state index contributed by atoms with van der Waals surface area (Å²) in [6.45, 7) is -10.1. The Labute approximate surface area is 259 Å². The smallest absolute Gasteiger partial charge is 0.227 e. The van der Waals surface area contributed by atoms with E-state index in [1.54, 1.807) is 36.7 Å². The highest BCUT2D eigenvalue weighted by Gasteiger charge is 2.45. The number of nitrogens with zero attached hydrogens (tertiary/aromatic N) is 2. The molecule has 6 rings (SSSR count). The number of hydrogen-bond acceptors (Lipinski definition) is 2. The van der Waals surface area contributed by atoms with Crippen molar-refractivity contribution >= 4 is 22.1 Å². The molecule has 2 unspecified atom stereocenters. The Balaban J connectivity index is 1.77. The monoisotopic (exact) mass is 536 g/mol. The summed E-state index contributed by atoms with van der Waals surface area (Å²) < 4.78 is 172. The zero-order valence-electron chi connectivity index (χ0n) is 41.1. The van der Waals surface area contributed by atoms with Gasteiger partial charge in [-0.3, -0.25) is 0 Å². The third-order valence-electron chi connectivity index (χ3n) is 7.26. The Morgan fingerprint density at radius 3 is 2.49 bits per heavy atom. The summed E-state index contributed by atoms with van der Waals surface area (Å²) in [7, 11) is 1.62. The van der Waals surface area contributed by atoms with Crippen LogP contribution in [0.2, 0.25) is 0 Å². The first-order valence-electron chi connectivity index (χ1n) is 22.0. The number of fused-ring (bicyclic) bond motifs is 6. The second-order valence-electron chi connectivity index (χ2n) is 10.1. The van der Waals surface area contributed by atoms with Crippen LogP contribution in [0.25, 0.3) is 44.5 Å². The topological polar surface area (TPSA) is 29.9 Å². The molecule has 200 valence electrons. The molecule has 0 amide bonds. The van der Waals surface area contributed by atoms with Crippen molar-refractivity contribution in [3.63, 3.8) is 0 Å². The molecule has 0 N–H and O–H groups in total. The molecule has 0 fully saturated rings. The first-order chi connectivity index (χ1) is 26.1. The molecule has 2 atom stereocenters. The van der Waals surface area contributed by atoms with Crippen LogP contribution in [0.15, 0.2) is 65.2 Å². The SMILES string of the molecule is [2H]C([2H])([2H])C([2H])(C)C([2H])([2H])C1(C([2H])([2H])C([2H])(C)C([2H])([2H])[2H])c2ccccc2-c2cc3c(nc21)oc1c(-c2cc(C([2H])(C([2H])([2H])[2H])C([2H])([2H])[2H])cc[n+]2C)c(C)ccc13. The van der Waals surface area contributed by atoms with E-state index in [1.807, 2.05) is 0 Å². The Morgan fingerprint density at radius 1 is 0.974 bits per heavy atom. The van der Waals surface area contributed by atoms with Gasteiger partial charge in [-0.05, 0) is 65.7 Å². The highest BCUT2D eigenvalue weighted by atomic mass is 16.3. The van der Waals surface area contributed by atoms with E-state index in [0.717, 1.165) is 13.8 Å². The minimum absolute atomic E-state index is 0.0743. The molecule has 0 bridgehead atoms. The Kier molecular flexibility index (Phi) is 2.86. The van der Waals surface area contributed by atoms with Gasteiger partial charge in [-0.1, -0.05) is 77.7 Å². The summed E-state index contributed by atoms with van der Waals surface area (Å²) in [5.74, 6) is -9.31. The van der Waals surface area contributed by atoms with Gasteiger partial charge in [0.1, 0.15) is 7.05 Å². The minimum Gasteiger partial charge on any atom is -0.437 e. The average molecular weight is 537 g/mol. The predicted molar refractivity (Wildman–Crippen MR) is 162 cm³/mol. The molecular formula is C36H41N2O+. The normalized spacial score (nSPS) is 29.2. The lowest BCUT2D eigenvalue weighted by Crippen LogP contribution is -2.31. The van der Waals surface area contributed by atoms with Crippen LogP contribution in [0.1, 0.15) is 108 Å². The maximum absolute atomic E-state index is 9.65. The van der Waals surface area contributed by atoms with Gasteiger partial charge >= 0.3 is 0 Å². The van der Waals surface area contributed by atoms with Crippen LogP contribution in [0, 0.1) is 18.7 Å². The zero-order valence-corrected chi connectivity index (χ0v) is 22.1. The van der Waals surface area contributed by atoms with E-state index in [-0.39, 0.29) is 39.2 Å². The fourth-order valence-electron chi connectivity index (χ4n) is 5.67. The number of aryl methyl sites for hydroxylation is 2. The Hall–Kier alpha value is -3.46. The number of aromatic nitrogens is 2. The fraction of sp³-hybridized carbons (Fsp3) is 0.389. The molecule has 0 spiro atoms. The Bertz CT molecular complexity index is 2420. The largest absolute Gasteiger partial charge is 0.437 e. The van der Waals surface area contributed by atoms with Gasteiger partial charge in [0.25, 0.3) is 0 Å². The molecule has 0 saturated carbocycles. The average Bonchev–Trinajstić information content (AvgIpc) is 3.58. The van der Waals surface area contributed by atoms with Gasteiger partial charge in [0, 0.05) is 59.9 Å². The van der Waals surface area contributed by atoms with Crippen LogP contribution in [0.5, 0.6) is 0 Å². The third kappa shape index (κ3) is 4.01. The molecule has 3 heteroatoms. The van der Waals surface area contributed by atoms with Crippen molar-refractivity contribution in [2.45, 2.75) is 72.2 Å². The van der Waals surface area contributed by atoms with Gasteiger partial charge in [0.15, 0.2) is 11.8 Å². The molecule has 3 heterocycles. The molecule has 0 radical (unpaired) electrons. The maximum atomic E-state index is 9.65. The summed E-state index contributed by atoms with van der Waals surface area (Å²) in [6.07, 6.45) is -5.64. The summed E-state index contributed by atoms with van der Waals surface area (Å²) in [4.78, 5) is 4.73. The molecule has 1 aliphatic rings. The van der Waals surface area contributed by atoms with Crippen LogP contribution in [0.4, 0.5) is 0 Å². The predicted octanol–water partition coefficient (Wildman–Crippen LogP) is 9.26. The van der Waals surface area contributed by atoms with Crippen LogP contribution < -0.4 is 4.57 Å². The molecule has 0 saturated heterocycles. The lowest BCUT2D eigenvalue weighted by Gasteiger charge is -2.34. The number of furan rings is 1. The number of benzene rings is 2. The van der Waals surface area contributed by atoms with Crippen molar-refractivity contribution in [2.75, 3.05) is 0 Å². The van der Waals surface area contributed by atoms with Crippen LogP contribution in [-0.2, 0) is 12.5 Å². The summed E-state index contributed by atoms with van der Waals surface area (Å²) >= 11 is 0. The van der Waals surface area contributed by atoms with Gasteiger partial charge in [-0.25, -0.2) is 9.55 Å². The maximum Gasteiger partial charge on any atom is 0.227 e. The molecule has 3 aromatic heterocycles. The van der Waals surface area contributed by atoms with E-state index < -0.39 is 68.9 Å². The first kappa shape index (κ1) is 12.0. The van der Waals surface area contributed by atoms with Gasteiger partial charge in [-0.15, -0.1) is 0 Å². The summed E-state index contributed by atoms with van der Waals surface area (Å²) in [5.41, 5.74) is -2.80. The second kappa shape index (κ2) is 9.33. The summed E-state index contributed by atoms with van der Waals surface area (Å²) in [5, 5.41) is 0.705. The number of pyridine rings is 2. The van der Waals surface area contributed by atoms with Gasteiger partial charge < -0.3 is 4.42 Å². The van der Waals surface area contributed by atoms with Crippen LogP contribution in [0.3, 0.4) is 0 Å². The zero-order chi connectivity index (χ0) is 44.0. The standard InChI is InChI=1S/C36H41N2O/c1-21(2)19-36(20-22(3)4)30-12-10-9-11-26(30)28-18-29-27-14-13-24(7)32(33(27)39-35(29)37-34(28)36)31-17-25(23(5)6)15-16-38(31)8/h9-18,21-23H,19-20H2,1-8H3/q+1/i1D3,3D3,5D3,6D3,19D2,20D2,21D,22D,23D. The molecule has 3 nitrogen and oxygen atoms in total. The van der Waals surface area contributed by atoms with E-state index in [4.69, 9.17) is 30.0 Å². The Morgan fingerprint density at radius 2 is 1.74 bits per heavy atom.